The molecule has 1 aliphatic carbocycles. The van der Waals surface area contributed by atoms with Crippen LogP contribution in [0.4, 0.5) is 0 Å². The zero-order valence-electron chi connectivity index (χ0n) is 11.4. The Balaban J connectivity index is 1.95. The van der Waals surface area contributed by atoms with Gasteiger partial charge in [-0.1, -0.05) is 49.2 Å². The van der Waals surface area contributed by atoms with Gasteiger partial charge in [-0.25, -0.2) is 9.97 Å². The zero-order chi connectivity index (χ0) is 14.1. The maximum Gasteiger partial charge on any atom is 0.161 e. The van der Waals surface area contributed by atoms with Crippen molar-refractivity contribution in [2.75, 3.05) is 0 Å². The molecule has 2 aromatic rings. The van der Waals surface area contributed by atoms with Crippen LogP contribution >= 0.6 is 27.5 Å². The average Bonchev–Trinajstić information content (AvgIpc) is 3.29. The van der Waals surface area contributed by atoms with E-state index in [0.717, 1.165) is 34.5 Å². The number of nitrogens with zero attached hydrogens (tertiary/aromatic N) is 2. The standard InChI is InChI=1S/C16H16BrClN2/c1-2-3-13-14(17)15(18)20-16(19-13)12-8-6-11(7-9-12)10-4-5-10/h6-10H,2-5H2,1H3. The van der Waals surface area contributed by atoms with Crippen LogP contribution in [0.25, 0.3) is 11.4 Å². The van der Waals surface area contributed by atoms with Crippen LogP contribution in [-0.4, -0.2) is 9.97 Å². The summed E-state index contributed by atoms with van der Waals surface area (Å²) in [7, 11) is 0. The number of hydrogen-bond acceptors (Lipinski definition) is 2. The van der Waals surface area contributed by atoms with Crippen LogP contribution in [0.3, 0.4) is 0 Å². The molecule has 1 aliphatic rings. The second kappa shape index (κ2) is 5.82. The van der Waals surface area contributed by atoms with Crippen LogP contribution in [0, 0.1) is 0 Å². The molecule has 0 saturated heterocycles. The van der Waals surface area contributed by atoms with Crippen molar-refractivity contribution >= 4 is 27.5 Å². The highest BCUT2D eigenvalue weighted by Gasteiger charge is 2.23. The van der Waals surface area contributed by atoms with E-state index in [-0.39, 0.29) is 0 Å². The third-order valence-electron chi connectivity index (χ3n) is 3.58. The summed E-state index contributed by atoms with van der Waals surface area (Å²) in [5.74, 6) is 1.48. The largest absolute Gasteiger partial charge is 0.232 e. The molecule has 3 rings (SSSR count). The Bertz CT molecular complexity index is 621. The van der Waals surface area contributed by atoms with Crippen LogP contribution in [0.5, 0.6) is 0 Å². The SMILES string of the molecule is CCCc1nc(-c2ccc(C3CC3)cc2)nc(Cl)c1Br. The van der Waals surface area contributed by atoms with Crippen molar-refractivity contribution in [2.24, 2.45) is 0 Å². The number of rotatable bonds is 4. The predicted molar refractivity (Wildman–Crippen MR) is 86.1 cm³/mol. The Hall–Kier alpha value is -0.930. The Morgan fingerprint density at radius 3 is 2.50 bits per heavy atom. The molecule has 0 spiro atoms. The predicted octanol–water partition coefficient (Wildman–Crippen LogP) is 5.39. The van der Waals surface area contributed by atoms with Gasteiger partial charge in [0.05, 0.1) is 10.2 Å². The summed E-state index contributed by atoms with van der Waals surface area (Å²) in [6.45, 7) is 2.13. The van der Waals surface area contributed by atoms with Crippen LogP contribution in [0.1, 0.15) is 43.4 Å². The molecule has 0 unspecified atom stereocenters. The highest BCUT2D eigenvalue weighted by Crippen LogP contribution is 2.40. The van der Waals surface area contributed by atoms with Gasteiger partial charge in [-0.05, 0) is 46.7 Å². The smallest absolute Gasteiger partial charge is 0.161 e. The summed E-state index contributed by atoms with van der Waals surface area (Å²) in [5.41, 5.74) is 3.43. The Labute approximate surface area is 132 Å². The molecule has 0 bridgehead atoms. The monoisotopic (exact) mass is 350 g/mol. The normalized spacial score (nSPS) is 14.6. The van der Waals surface area contributed by atoms with E-state index in [9.17, 15) is 0 Å². The fourth-order valence-corrected chi connectivity index (χ4v) is 2.88. The van der Waals surface area contributed by atoms with Crippen molar-refractivity contribution < 1.29 is 0 Å². The molecule has 20 heavy (non-hydrogen) atoms. The van der Waals surface area contributed by atoms with Crippen LogP contribution in [0.2, 0.25) is 5.15 Å². The zero-order valence-corrected chi connectivity index (χ0v) is 13.7. The molecule has 0 atom stereocenters. The lowest BCUT2D eigenvalue weighted by atomic mass is 10.1. The molecule has 0 radical (unpaired) electrons. The molecular weight excluding hydrogens is 336 g/mol. The van der Waals surface area contributed by atoms with Gasteiger partial charge >= 0.3 is 0 Å². The first-order chi connectivity index (χ1) is 9.69. The van der Waals surface area contributed by atoms with E-state index in [2.05, 4.69) is 57.1 Å². The Kier molecular flexibility index (Phi) is 4.08. The summed E-state index contributed by atoms with van der Waals surface area (Å²) < 4.78 is 0.819. The third-order valence-corrected chi connectivity index (χ3v) is 4.92. The minimum Gasteiger partial charge on any atom is -0.232 e. The molecule has 0 amide bonds. The molecule has 1 heterocycles. The van der Waals surface area contributed by atoms with Gasteiger partial charge in [0.25, 0.3) is 0 Å². The lowest BCUT2D eigenvalue weighted by Crippen LogP contribution is -1.98. The fourth-order valence-electron chi connectivity index (χ4n) is 2.32. The number of hydrogen-bond donors (Lipinski definition) is 0. The second-order valence-electron chi connectivity index (χ2n) is 5.24. The molecule has 0 N–H and O–H groups in total. The Morgan fingerprint density at radius 1 is 1.20 bits per heavy atom. The van der Waals surface area contributed by atoms with E-state index in [1.165, 1.54) is 18.4 Å². The van der Waals surface area contributed by atoms with E-state index < -0.39 is 0 Å². The van der Waals surface area contributed by atoms with Crippen molar-refractivity contribution in [1.82, 2.24) is 9.97 Å². The van der Waals surface area contributed by atoms with E-state index in [1.807, 2.05) is 0 Å². The second-order valence-corrected chi connectivity index (χ2v) is 6.40. The number of benzene rings is 1. The van der Waals surface area contributed by atoms with Crippen LogP contribution in [-0.2, 0) is 6.42 Å². The molecule has 104 valence electrons. The van der Waals surface area contributed by atoms with E-state index in [0.29, 0.717) is 11.0 Å². The maximum atomic E-state index is 6.20. The maximum absolute atomic E-state index is 6.20. The van der Waals surface area contributed by atoms with Crippen molar-refractivity contribution in [3.63, 3.8) is 0 Å². The molecular formula is C16H16BrClN2. The number of aryl methyl sites for hydroxylation is 1. The molecule has 1 aromatic heterocycles. The van der Waals surface area contributed by atoms with Gasteiger partial charge in [0.1, 0.15) is 5.15 Å². The highest BCUT2D eigenvalue weighted by molar-refractivity contribution is 9.10. The lowest BCUT2D eigenvalue weighted by Gasteiger charge is -2.08. The first-order valence-corrected chi connectivity index (χ1v) is 8.18. The fraction of sp³-hybridized carbons (Fsp3) is 0.375. The van der Waals surface area contributed by atoms with Gasteiger partial charge in [0.15, 0.2) is 5.82 Å². The van der Waals surface area contributed by atoms with E-state index in [1.54, 1.807) is 0 Å². The summed E-state index contributed by atoms with van der Waals surface area (Å²) in [6, 6.07) is 8.57. The summed E-state index contributed by atoms with van der Waals surface area (Å²) >= 11 is 9.67. The Morgan fingerprint density at radius 2 is 1.90 bits per heavy atom. The van der Waals surface area contributed by atoms with Crippen molar-refractivity contribution in [1.29, 1.82) is 0 Å². The van der Waals surface area contributed by atoms with Gasteiger partial charge in [0.2, 0.25) is 0 Å². The number of halogens is 2. The minimum absolute atomic E-state index is 0.490. The first kappa shape index (κ1) is 14.0. The van der Waals surface area contributed by atoms with Crippen LogP contribution in [0.15, 0.2) is 28.7 Å². The summed E-state index contributed by atoms with van der Waals surface area (Å²) in [5, 5.41) is 0.490. The molecule has 1 saturated carbocycles. The average molecular weight is 352 g/mol. The van der Waals surface area contributed by atoms with Crippen molar-refractivity contribution in [3.8, 4) is 11.4 Å². The quantitative estimate of drug-likeness (QED) is 0.690. The molecule has 1 aromatic carbocycles. The third kappa shape index (κ3) is 2.89. The number of aromatic nitrogens is 2. The van der Waals surface area contributed by atoms with E-state index in [4.69, 9.17) is 11.6 Å². The molecule has 4 heteroatoms. The van der Waals surface area contributed by atoms with Crippen molar-refractivity contribution in [2.45, 2.75) is 38.5 Å². The van der Waals surface area contributed by atoms with Gasteiger partial charge in [-0.3, -0.25) is 0 Å². The van der Waals surface area contributed by atoms with Gasteiger partial charge in [0, 0.05) is 5.56 Å². The van der Waals surface area contributed by atoms with Gasteiger partial charge < -0.3 is 0 Å². The topological polar surface area (TPSA) is 25.8 Å². The van der Waals surface area contributed by atoms with E-state index >= 15 is 0 Å². The molecule has 2 nitrogen and oxygen atoms in total. The van der Waals surface area contributed by atoms with Gasteiger partial charge in [-0.15, -0.1) is 0 Å². The molecule has 1 fully saturated rings. The van der Waals surface area contributed by atoms with Crippen LogP contribution < -0.4 is 0 Å². The lowest BCUT2D eigenvalue weighted by molar-refractivity contribution is 0.868. The van der Waals surface area contributed by atoms with Gasteiger partial charge in [-0.2, -0.15) is 0 Å². The van der Waals surface area contributed by atoms with Crippen molar-refractivity contribution in [3.05, 3.63) is 45.1 Å². The summed E-state index contributed by atoms with van der Waals surface area (Å²) in [6.07, 6.45) is 4.57. The highest BCUT2D eigenvalue weighted by atomic mass is 79.9. The molecule has 0 aliphatic heterocycles. The minimum atomic E-state index is 0.490. The first-order valence-electron chi connectivity index (χ1n) is 7.01. The summed E-state index contributed by atoms with van der Waals surface area (Å²) in [4.78, 5) is 9.02.